The molecule has 1 atom stereocenters. The van der Waals surface area contributed by atoms with E-state index in [0.29, 0.717) is 0 Å². The number of nitrogens with zero attached hydrogens (tertiary/aromatic N) is 1. The topological polar surface area (TPSA) is 58.4 Å². The van der Waals surface area contributed by atoms with Crippen LogP contribution in [0, 0.1) is 5.92 Å². The van der Waals surface area contributed by atoms with Crippen molar-refractivity contribution < 1.29 is 4.79 Å². The first-order valence-electron chi connectivity index (χ1n) is 8.39. The molecule has 1 aromatic rings. The summed E-state index contributed by atoms with van der Waals surface area (Å²) in [5.41, 5.74) is 6.10. The molecule has 6 heteroatoms. The fourth-order valence-corrected chi connectivity index (χ4v) is 3.08. The maximum absolute atomic E-state index is 12.4. The molecule has 1 unspecified atom stereocenters. The standard InChI is InChI=1S/C18H29N3O.2ClH/c1-3-21-13-10-15(11-14-21)9-12-20-17(22)18(2,19)16-7-5-4-6-8-16;;/h4-8,15H,3,9-14,19H2,1-2H3,(H,20,22);2*1H. The second kappa shape index (κ2) is 10.9. The number of hydrogen-bond acceptors (Lipinski definition) is 3. The molecule has 4 nitrogen and oxygen atoms in total. The molecule has 1 heterocycles. The maximum atomic E-state index is 12.4. The normalized spacial score (nSPS) is 18.0. The van der Waals surface area contributed by atoms with Crippen molar-refractivity contribution in [1.82, 2.24) is 10.2 Å². The van der Waals surface area contributed by atoms with Crippen molar-refractivity contribution in [1.29, 1.82) is 0 Å². The number of piperidine rings is 1. The van der Waals surface area contributed by atoms with E-state index >= 15 is 0 Å². The Morgan fingerprint density at radius 2 is 1.83 bits per heavy atom. The van der Waals surface area contributed by atoms with Gasteiger partial charge in [0.25, 0.3) is 0 Å². The van der Waals surface area contributed by atoms with E-state index in [2.05, 4.69) is 17.1 Å². The molecule has 1 fully saturated rings. The van der Waals surface area contributed by atoms with Crippen LogP contribution in [0.2, 0.25) is 0 Å². The minimum Gasteiger partial charge on any atom is -0.354 e. The van der Waals surface area contributed by atoms with E-state index < -0.39 is 5.54 Å². The molecule has 2 rings (SSSR count). The van der Waals surface area contributed by atoms with Crippen molar-refractivity contribution >= 4 is 30.7 Å². The summed E-state index contributed by atoms with van der Waals surface area (Å²) < 4.78 is 0. The Bertz CT molecular complexity index is 474. The molecule has 0 saturated carbocycles. The number of likely N-dealkylation sites (tertiary alicyclic amines) is 1. The molecular formula is C18H31Cl2N3O. The van der Waals surface area contributed by atoms with Gasteiger partial charge in [0.05, 0.1) is 0 Å². The Morgan fingerprint density at radius 1 is 1.25 bits per heavy atom. The van der Waals surface area contributed by atoms with E-state index in [0.717, 1.165) is 31.0 Å². The van der Waals surface area contributed by atoms with Crippen LogP contribution >= 0.6 is 24.8 Å². The lowest BCUT2D eigenvalue weighted by Crippen LogP contribution is -2.49. The van der Waals surface area contributed by atoms with Crippen molar-refractivity contribution in [2.45, 2.75) is 38.6 Å². The average Bonchev–Trinajstić information content (AvgIpc) is 2.56. The largest absolute Gasteiger partial charge is 0.354 e. The van der Waals surface area contributed by atoms with Crippen LogP contribution in [0.5, 0.6) is 0 Å². The van der Waals surface area contributed by atoms with Gasteiger partial charge in [0, 0.05) is 6.54 Å². The molecule has 0 aromatic heterocycles. The molecule has 138 valence electrons. The van der Waals surface area contributed by atoms with Crippen LogP contribution in [0.3, 0.4) is 0 Å². The molecule has 1 aromatic carbocycles. The second-order valence-corrected chi connectivity index (χ2v) is 6.49. The Kier molecular flexibility index (Phi) is 10.6. The molecule has 1 aliphatic heterocycles. The quantitative estimate of drug-likeness (QED) is 0.803. The Morgan fingerprint density at radius 3 is 2.38 bits per heavy atom. The van der Waals surface area contributed by atoms with Crippen LogP contribution in [0.1, 0.15) is 38.7 Å². The van der Waals surface area contributed by atoms with Crippen LogP contribution in [0.25, 0.3) is 0 Å². The molecule has 24 heavy (non-hydrogen) atoms. The van der Waals surface area contributed by atoms with E-state index in [1.165, 1.54) is 25.9 Å². The first-order valence-corrected chi connectivity index (χ1v) is 8.39. The van der Waals surface area contributed by atoms with Gasteiger partial charge >= 0.3 is 0 Å². The van der Waals surface area contributed by atoms with E-state index in [-0.39, 0.29) is 30.7 Å². The summed E-state index contributed by atoms with van der Waals surface area (Å²) in [6, 6.07) is 9.56. The van der Waals surface area contributed by atoms with Gasteiger partial charge < -0.3 is 16.0 Å². The van der Waals surface area contributed by atoms with Crippen molar-refractivity contribution in [3.8, 4) is 0 Å². The molecule has 1 amide bonds. The number of carbonyl (C=O) groups is 1. The highest BCUT2D eigenvalue weighted by atomic mass is 35.5. The Labute approximate surface area is 158 Å². The van der Waals surface area contributed by atoms with Gasteiger partial charge in [-0.2, -0.15) is 0 Å². The highest BCUT2D eigenvalue weighted by Gasteiger charge is 2.30. The lowest BCUT2D eigenvalue weighted by atomic mass is 9.91. The van der Waals surface area contributed by atoms with Crippen molar-refractivity contribution in [2.24, 2.45) is 11.7 Å². The number of nitrogens with one attached hydrogen (secondary N) is 1. The molecule has 0 bridgehead atoms. The molecule has 1 aliphatic rings. The minimum absolute atomic E-state index is 0. The second-order valence-electron chi connectivity index (χ2n) is 6.49. The lowest BCUT2D eigenvalue weighted by Gasteiger charge is -2.31. The SMILES string of the molecule is CCN1CCC(CCNC(=O)C(C)(N)c2ccccc2)CC1.Cl.Cl. The van der Waals surface area contributed by atoms with Crippen molar-refractivity contribution in [3.63, 3.8) is 0 Å². The summed E-state index contributed by atoms with van der Waals surface area (Å²) in [7, 11) is 0. The summed E-state index contributed by atoms with van der Waals surface area (Å²) in [5.74, 6) is 0.633. The van der Waals surface area contributed by atoms with Crippen LogP contribution < -0.4 is 11.1 Å². The van der Waals surface area contributed by atoms with E-state index in [4.69, 9.17) is 5.73 Å². The first kappa shape index (κ1) is 23.2. The third-order valence-electron chi connectivity index (χ3n) is 4.84. The van der Waals surface area contributed by atoms with Crippen LogP contribution in [0.15, 0.2) is 30.3 Å². The van der Waals surface area contributed by atoms with Crippen molar-refractivity contribution in [2.75, 3.05) is 26.2 Å². The smallest absolute Gasteiger partial charge is 0.244 e. The summed E-state index contributed by atoms with van der Waals surface area (Å²) in [6.45, 7) is 8.23. The van der Waals surface area contributed by atoms with E-state index in [1.54, 1.807) is 6.92 Å². The molecule has 0 spiro atoms. The van der Waals surface area contributed by atoms with Gasteiger partial charge in [0.15, 0.2) is 0 Å². The third kappa shape index (κ3) is 6.25. The average molecular weight is 376 g/mol. The zero-order valence-electron chi connectivity index (χ0n) is 14.7. The van der Waals surface area contributed by atoms with Gasteiger partial charge in [-0.25, -0.2) is 0 Å². The molecule has 1 saturated heterocycles. The fourth-order valence-electron chi connectivity index (χ4n) is 3.08. The van der Waals surface area contributed by atoms with Crippen LogP contribution in [-0.2, 0) is 10.3 Å². The molecule has 3 N–H and O–H groups in total. The number of hydrogen-bond donors (Lipinski definition) is 2. The fraction of sp³-hybridized carbons (Fsp3) is 0.611. The number of nitrogens with two attached hydrogens (primary N) is 1. The highest BCUT2D eigenvalue weighted by molar-refractivity contribution is 5.87. The number of amides is 1. The number of rotatable bonds is 6. The maximum Gasteiger partial charge on any atom is 0.244 e. The minimum atomic E-state index is -0.965. The zero-order chi connectivity index (χ0) is 16.0. The van der Waals surface area contributed by atoms with E-state index in [1.807, 2.05) is 30.3 Å². The highest BCUT2D eigenvalue weighted by Crippen LogP contribution is 2.20. The lowest BCUT2D eigenvalue weighted by molar-refractivity contribution is -0.126. The molecule has 0 aliphatic carbocycles. The monoisotopic (exact) mass is 375 g/mol. The molecular weight excluding hydrogens is 345 g/mol. The first-order chi connectivity index (χ1) is 10.5. The number of carbonyl (C=O) groups excluding carboxylic acids is 1. The van der Waals surface area contributed by atoms with Gasteiger partial charge in [-0.05, 0) is 57.3 Å². The summed E-state index contributed by atoms with van der Waals surface area (Å²) in [6.07, 6.45) is 3.53. The summed E-state index contributed by atoms with van der Waals surface area (Å²) in [4.78, 5) is 14.8. The van der Waals surface area contributed by atoms with Gasteiger partial charge in [0.2, 0.25) is 5.91 Å². The van der Waals surface area contributed by atoms with Gasteiger partial charge in [-0.1, -0.05) is 37.3 Å². The van der Waals surface area contributed by atoms with E-state index in [9.17, 15) is 4.79 Å². The Balaban J connectivity index is 0.00000264. The third-order valence-corrected chi connectivity index (χ3v) is 4.84. The molecule has 0 radical (unpaired) electrons. The predicted molar refractivity (Wildman–Crippen MR) is 105 cm³/mol. The Hall–Kier alpha value is -0.810. The van der Waals surface area contributed by atoms with Gasteiger partial charge in [-0.15, -0.1) is 24.8 Å². The van der Waals surface area contributed by atoms with Gasteiger partial charge in [0.1, 0.15) is 5.54 Å². The number of halogens is 2. The summed E-state index contributed by atoms with van der Waals surface area (Å²) >= 11 is 0. The zero-order valence-corrected chi connectivity index (χ0v) is 16.3. The van der Waals surface area contributed by atoms with Crippen LogP contribution in [0.4, 0.5) is 0 Å². The number of benzene rings is 1. The van der Waals surface area contributed by atoms with Crippen molar-refractivity contribution in [3.05, 3.63) is 35.9 Å². The predicted octanol–water partition coefficient (Wildman–Crippen LogP) is 2.94. The summed E-state index contributed by atoms with van der Waals surface area (Å²) in [5, 5.41) is 3.02. The van der Waals surface area contributed by atoms with Crippen LogP contribution in [-0.4, -0.2) is 37.0 Å². The van der Waals surface area contributed by atoms with Gasteiger partial charge in [-0.3, -0.25) is 4.79 Å².